The summed E-state index contributed by atoms with van der Waals surface area (Å²) >= 11 is 0. The summed E-state index contributed by atoms with van der Waals surface area (Å²) in [7, 11) is 0. The first-order valence-corrected chi connectivity index (χ1v) is 16.3. The van der Waals surface area contributed by atoms with Crippen LogP contribution in [0.2, 0.25) is 0 Å². The lowest BCUT2D eigenvalue weighted by Crippen LogP contribution is -2.00. The fourth-order valence-corrected chi connectivity index (χ4v) is 7.49. The molecular weight excluding hydrogens is 611 g/mol. The molecule has 9 aromatic rings. The summed E-state index contributed by atoms with van der Waals surface area (Å²) in [5.74, 6) is 0. The number of fused-ring (bicyclic) bond motifs is 6. The van der Waals surface area contributed by atoms with Gasteiger partial charge in [-0.3, -0.25) is 0 Å². The molecule has 0 atom stereocenters. The molecule has 5 heteroatoms. The normalized spacial score (nSPS) is 11.1. The molecule has 9 rings (SSSR count). The number of para-hydroxylation sites is 4. The fourth-order valence-electron chi connectivity index (χ4n) is 7.49. The minimum absolute atomic E-state index is 0.330. The molecule has 0 fully saturated rings. The van der Waals surface area contributed by atoms with Gasteiger partial charge in [0.25, 0.3) is 0 Å². The first kappa shape index (κ1) is 28.8. The second-order valence-corrected chi connectivity index (χ2v) is 12.3. The summed E-state index contributed by atoms with van der Waals surface area (Å²) in [6.07, 6.45) is 0. The van der Waals surface area contributed by atoms with Crippen LogP contribution in [0.5, 0.6) is 0 Å². The van der Waals surface area contributed by atoms with E-state index in [0.29, 0.717) is 27.8 Å². The van der Waals surface area contributed by atoms with E-state index in [1.807, 2.05) is 78.9 Å². The van der Waals surface area contributed by atoms with Crippen LogP contribution in [0, 0.1) is 34.0 Å². The summed E-state index contributed by atoms with van der Waals surface area (Å²) < 4.78 is 4.44. The van der Waals surface area contributed by atoms with Gasteiger partial charge in [0.05, 0.1) is 50.5 Å². The van der Waals surface area contributed by atoms with Crippen LogP contribution in [-0.2, 0) is 0 Å². The molecule has 0 unspecified atom stereocenters. The van der Waals surface area contributed by atoms with Gasteiger partial charge in [-0.25, -0.2) is 0 Å². The van der Waals surface area contributed by atoms with Gasteiger partial charge in [-0.1, -0.05) is 97.1 Å². The fraction of sp³-hybridized carbons (Fsp3) is 0. The third kappa shape index (κ3) is 4.24. The number of nitrogens with zero attached hydrogens (tertiary/aromatic N) is 5. The Labute approximate surface area is 287 Å². The van der Waals surface area contributed by atoms with E-state index in [1.54, 1.807) is 0 Å². The molecule has 0 spiro atoms. The number of rotatable bonds is 4. The second kappa shape index (κ2) is 11.4. The van der Waals surface area contributed by atoms with Gasteiger partial charge in [-0.05, 0) is 60.2 Å². The van der Waals surface area contributed by atoms with Crippen LogP contribution in [0.3, 0.4) is 0 Å². The summed E-state index contributed by atoms with van der Waals surface area (Å²) in [5.41, 5.74) is 10.4. The monoisotopic (exact) mass is 635 g/mol. The Morgan fingerprint density at radius 2 is 0.900 bits per heavy atom. The zero-order chi connectivity index (χ0) is 33.8. The molecule has 0 bridgehead atoms. The van der Waals surface area contributed by atoms with Crippen molar-refractivity contribution in [2.24, 2.45) is 0 Å². The maximum Gasteiger partial charge on any atom is 0.101 e. The van der Waals surface area contributed by atoms with Gasteiger partial charge < -0.3 is 9.13 Å². The van der Waals surface area contributed by atoms with Gasteiger partial charge >= 0.3 is 0 Å². The van der Waals surface area contributed by atoms with Gasteiger partial charge in [0.15, 0.2) is 0 Å². The number of nitriles is 3. The van der Waals surface area contributed by atoms with E-state index in [-0.39, 0.29) is 0 Å². The molecule has 0 saturated heterocycles. The van der Waals surface area contributed by atoms with Crippen LogP contribution < -0.4 is 0 Å². The van der Waals surface area contributed by atoms with E-state index in [9.17, 15) is 15.8 Å². The molecule has 230 valence electrons. The molecule has 2 aromatic heterocycles. The van der Waals surface area contributed by atoms with Crippen LogP contribution in [0.4, 0.5) is 0 Å². The van der Waals surface area contributed by atoms with E-state index in [0.717, 1.165) is 55.3 Å². The van der Waals surface area contributed by atoms with Crippen molar-refractivity contribution < 1.29 is 0 Å². The van der Waals surface area contributed by atoms with Gasteiger partial charge in [0.1, 0.15) is 12.1 Å². The molecule has 0 N–H and O–H groups in total. The van der Waals surface area contributed by atoms with Crippen molar-refractivity contribution in [1.82, 2.24) is 9.13 Å². The predicted octanol–water partition coefficient (Wildman–Crippen LogP) is 10.8. The van der Waals surface area contributed by atoms with Crippen molar-refractivity contribution >= 4 is 43.6 Å². The predicted molar refractivity (Wildman–Crippen MR) is 200 cm³/mol. The van der Waals surface area contributed by atoms with Crippen molar-refractivity contribution in [1.29, 1.82) is 15.8 Å². The topological polar surface area (TPSA) is 81.2 Å². The van der Waals surface area contributed by atoms with Crippen LogP contribution >= 0.6 is 0 Å². The Balaban J connectivity index is 1.19. The summed E-state index contributed by atoms with van der Waals surface area (Å²) in [5, 5.41) is 35.2. The Kier molecular flexibility index (Phi) is 6.56. The Bertz CT molecular complexity index is 2900. The van der Waals surface area contributed by atoms with Crippen LogP contribution in [-0.4, -0.2) is 9.13 Å². The van der Waals surface area contributed by atoms with Gasteiger partial charge in [-0.15, -0.1) is 0 Å². The quantitative estimate of drug-likeness (QED) is 0.193. The van der Waals surface area contributed by atoms with E-state index in [2.05, 4.69) is 100 Å². The van der Waals surface area contributed by atoms with Crippen molar-refractivity contribution in [3.8, 4) is 51.8 Å². The second-order valence-electron chi connectivity index (χ2n) is 12.3. The molecule has 2 heterocycles. The van der Waals surface area contributed by atoms with Crippen molar-refractivity contribution in [3.05, 3.63) is 168 Å². The van der Waals surface area contributed by atoms with Crippen molar-refractivity contribution in [3.63, 3.8) is 0 Å². The summed E-state index contributed by atoms with van der Waals surface area (Å²) in [6, 6.07) is 57.8. The minimum atomic E-state index is 0.330. The highest BCUT2D eigenvalue weighted by Crippen LogP contribution is 2.40. The van der Waals surface area contributed by atoms with Gasteiger partial charge in [0.2, 0.25) is 0 Å². The van der Waals surface area contributed by atoms with E-state index in [4.69, 9.17) is 0 Å². The largest absolute Gasteiger partial charge is 0.309 e. The van der Waals surface area contributed by atoms with E-state index in [1.165, 1.54) is 10.8 Å². The molecule has 0 aliphatic rings. The lowest BCUT2D eigenvalue weighted by molar-refractivity contribution is 1.18. The molecule has 0 radical (unpaired) electrons. The number of hydrogen-bond acceptors (Lipinski definition) is 3. The molecule has 0 aliphatic carbocycles. The zero-order valence-electron chi connectivity index (χ0n) is 26.7. The zero-order valence-corrected chi connectivity index (χ0v) is 26.7. The maximum absolute atomic E-state index is 10.6. The molecule has 0 amide bonds. The number of aromatic nitrogens is 2. The standard InChI is InChI=1S/C45H25N5/c46-26-29-17-24-45-38(25-29)37-12-4-8-16-44(37)50(45)43-15-7-1-9-34(43)33-23-22-32(39(27-47)40(33)28-48)30-18-20-31(21-19-30)49-41-13-5-2-10-35(41)36-11-3-6-14-42(36)49/h1-25H. The first-order valence-electron chi connectivity index (χ1n) is 16.3. The highest BCUT2D eigenvalue weighted by atomic mass is 15.0. The van der Waals surface area contributed by atoms with Crippen molar-refractivity contribution in [2.45, 2.75) is 0 Å². The lowest BCUT2D eigenvalue weighted by atomic mass is 9.89. The summed E-state index contributed by atoms with van der Waals surface area (Å²) in [4.78, 5) is 0. The van der Waals surface area contributed by atoms with E-state index >= 15 is 0 Å². The van der Waals surface area contributed by atoms with Crippen molar-refractivity contribution in [2.75, 3.05) is 0 Å². The van der Waals surface area contributed by atoms with Crippen LogP contribution in [0.15, 0.2) is 152 Å². The van der Waals surface area contributed by atoms with Gasteiger partial charge in [-0.2, -0.15) is 15.8 Å². The number of benzene rings is 7. The lowest BCUT2D eigenvalue weighted by Gasteiger charge is -2.17. The Hall–Kier alpha value is -7.39. The van der Waals surface area contributed by atoms with Crippen LogP contribution in [0.1, 0.15) is 16.7 Å². The molecule has 7 aromatic carbocycles. The van der Waals surface area contributed by atoms with Crippen LogP contribution in [0.25, 0.3) is 77.2 Å². The smallest absolute Gasteiger partial charge is 0.101 e. The third-order valence-corrected chi connectivity index (χ3v) is 9.68. The molecule has 0 aliphatic heterocycles. The SMILES string of the molecule is N#Cc1ccc2c(c1)c1ccccc1n2-c1ccccc1-c1ccc(-c2ccc(-n3c4ccccc4c4ccccc43)cc2)c(C#N)c1C#N. The Morgan fingerprint density at radius 3 is 1.54 bits per heavy atom. The molecule has 0 saturated carbocycles. The maximum atomic E-state index is 10.6. The molecule has 50 heavy (non-hydrogen) atoms. The first-order chi connectivity index (χ1) is 24.7. The Morgan fingerprint density at radius 1 is 0.380 bits per heavy atom. The molecule has 5 nitrogen and oxygen atoms in total. The molecular formula is C45H25N5. The summed E-state index contributed by atoms with van der Waals surface area (Å²) in [6.45, 7) is 0. The third-order valence-electron chi connectivity index (χ3n) is 9.68. The average molecular weight is 636 g/mol. The highest BCUT2D eigenvalue weighted by Gasteiger charge is 2.21. The highest BCUT2D eigenvalue weighted by molar-refractivity contribution is 6.11. The van der Waals surface area contributed by atoms with Gasteiger partial charge in [0, 0.05) is 43.9 Å². The van der Waals surface area contributed by atoms with E-state index < -0.39 is 0 Å². The minimum Gasteiger partial charge on any atom is -0.309 e. The number of hydrogen-bond donors (Lipinski definition) is 0. The average Bonchev–Trinajstić information content (AvgIpc) is 3.70.